The van der Waals surface area contributed by atoms with E-state index < -0.39 is 0 Å². The van der Waals surface area contributed by atoms with Gasteiger partial charge in [-0.15, -0.1) is 0 Å². The number of hydrogen-bond acceptors (Lipinski definition) is 5. The monoisotopic (exact) mass is 416 g/mol. The van der Waals surface area contributed by atoms with Gasteiger partial charge in [-0.3, -0.25) is 0 Å². The minimum atomic E-state index is -0.297. The molecule has 1 aliphatic carbocycles. The Morgan fingerprint density at radius 3 is 2.77 bits per heavy atom. The van der Waals surface area contributed by atoms with E-state index in [-0.39, 0.29) is 6.10 Å². The van der Waals surface area contributed by atoms with Crippen molar-refractivity contribution in [2.75, 3.05) is 18.0 Å². The molecule has 0 bridgehead atoms. The maximum atomic E-state index is 10.1. The number of piperidine rings is 1. The molecule has 1 saturated carbocycles. The van der Waals surface area contributed by atoms with E-state index in [9.17, 15) is 5.11 Å². The molecule has 160 valence electrons. The van der Waals surface area contributed by atoms with Gasteiger partial charge in [0.05, 0.1) is 35.3 Å². The second-order valence-corrected chi connectivity index (χ2v) is 9.02. The van der Waals surface area contributed by atoms with Crippen LogP contribution in [-0.4, -0.2) is 48.8 Å². The summed E-state index contributed by atoms with van der Waals surface area (Å²) >= 11 is 0. The third kappa shape index (κ3) is 3.37. The average Bonchev–Trinajstić information content (AvgIpc) is 3.45. The first-order chi connectivity index (χ1) is 15.3. The Morgan fingerprint density at radius 2 is 1.90 bits per heavy atom. The largest absolute Gasteiger partial charge is 0.391 e. The first-order valence-electron chi connectivity index (χ1n) is 11.5. The van der Waals surface area contributed by atoms with E-state index in [1.165, 1.54) is 37.6 Å². The van der Waals surface area contributed by atoms with Crippen LogP contribution in [0.1, 0.15) is 51.0 Å². The minimum absolute atomic E-state index is 0.297. The van der Waals surface area contributed by atoms with Gasteiger partial charge in [-0.1, -0.05) is 25.3 Å². The van der Waals surface area contributed by atoms with Crippen molar-refractivity contribution < 1.29 is 5.11 Å². The van der Waals surface area contributed by atoms with Gasteiger partial charge < -0.3 is 19.6 Å². The van der Waals surface area contributed by atoms with Gasteiger partial charge in [0.25, 0.3) is 0 Å². The van der Waals surface area contributed by atoms with Crippen molar-refractivity contribution in [3.05, 3.63) is 36.9 Å². The Kier molecular flexibility index (Phi) is 4.64. The van der Waals surface area contributed by atoms with Crippen molar-refractivity contribution in [2.24, 2.45) is 0 Å². The second-order valence-electron chi connectivity index (χ2n) is 9.02. The third-order valence-electron chi connectivity index (χ3n) is 6.96. The average molecular weight is 417 g/mol. The number of nitrogens with zero attached hydrogens (tertiary/aromatic N) is 5. The summed E-state index contributed by atoms with van der Waals surface area (Å²) in [5.74, 6) is 0.876. The molecule has 2 fully saturated rings. The first-order valence-corrected chi connectivity index (χ1v) is 11.5. The summed E-state index contributed by atoms with van der Waals surface area (Å²) < 4.78 is 2.37. The summed E-state index contributed by atoms with van der Waals surface area (Å²) in [5, 5.41) is 10.1. The van der Waals surface area contributed by atoms with Crippen molar-refractivity contribution in [3.8, 4) is 11.1 Å². The highest BCUT2D eigenvalue weighted by Gasteiger charge is 2.22. The Morgan fingerprint density at radius 1 is 1.00 bits per heavy atom. The number of benzene rings is 1. The Bertz CT molecular complexity index is 1220. The van der Waals surface area contributed by atoms with Gasteiger partial charge in [-0.2, -0.15) is 0 Å². The summed E-state index contributed by atoms with van der Waals surface area (Å²) in [6, 6.07) is 9.27. The van der Waals surface area contributed by atoms with E-state index in [1.807, 2.05) is 6.33 Å². The van der Waals surface area contributed by atoms with Gasteiger partial charge in [0.1, 0.15) is 5.82 Å². The maximum absolute atomic E-state index is 10.1. The summed E-state index contributed by atoms with van der Waals surface area (Å²) in [6.45, 7) is 1.53. The van der Waals surface area contributed by atoms with E-state index in [0.717, 1.165) is 47.4 Å². The lowest BCUT2D eigenvalue weighted by Crippen LogP contribution is -2.38. The number of fused-ring (bicyclic) bond motifs is 2. The Balaban J connectivity index is 1.41. The quantitative estimate of drug-likeness (QED) is 0.516. The molecule has 0 spiro atoms. The number of aliphatic hydroxyl groups excluding tert-OH is 1. The number of aromatic nitrogens is 5. The first kappa shape index (κ1) is 18.8. The topological polar surface area (TPSA) is 82.9 Å². The number of aromatic amines is 1. The zero-order chi connectivity index (χ0) is 20.8. The molecule has 7 nitrogen and oxygen atoms in total. The van der Waals surface area contributed by atoms with Gasteiger partial charge in [-0.25, -0.2) is 15.0 Å². The van der Waals surface area contributed by atoms with Gasteiger partial charge in [0.2, 0.25) is 0 Å². The molecule has 1 unspecified atom stereocenters. The number of aliphatic hydroxyl groups is 1. The molecule has 1 aliphatic heterocycles. The van der Waals surface area contributed by atoms with Crippen molar-refractivity contribution in [2.45, 2.75) is 57.1 Å². The lowest BCUT2D eigenvalue weighted by atomic mass is 9.95. The molecular weight excluding hydrogens is 388 g/mol. The van der Waals surface area contributed by atoms with Crippen LogP contribution in [-0.2, 0) is 0 Å². The van der Waals surface area contributed by atoms with E-state index >= 15 is 0 Å². The standard InChI is InChI=1S/C24H28N6O/c31-18-7-4-10-29(13-18)22-12-19(23-24(28-22)26-14-25-23)16-8-9-21-20(11-16)27-15-30(21)17-5-2-1-3-6-17/h8-9,11-12,14-15,17-18,31H,1-7,10,13H2,(H,25,26,28). The number of anilines is 1. The van der Waals surface area contributed by atoms with Gasteiger partial charge in [-0.05, 0) is 49.4 Å². The van der Waals surface area contributed by atoms with E-state index in [1.54, 1.807) is 6.33 Å². The number of hydrogen-bond donors (Lipinski definition) is 2. The minimum Gasteiger partial charge on any atom is -0.391 e. The fraction of sp³-hybridized carbons (Fsp3) is 0.458. The number of imidazole rings is 2. The molecule has 4 aromatic rings. The second kappa shape index (κ2) is 7.64. The van der Waals surface area contributed by atoms with Crippen molar-refractivity contribution in [1.29, 1.82) is 0 Å². The predicted octanol–water partition coefficient (Wildman–Crippen LogP) is 4.44. The molecule has 1 saturated heterocycles. The third-order valence-corrected chi connectivity index (χ3v) is 6.96. The molecule has 1 atom stereocenters. The summed E-state index contributed by atoms with van der Waals surface area (Å²) in [7, 11) is 0. The van der Waals surface area contributed by atoms with Crippen LogP contribution in [0.15, 0.2) is 36.9 Å². The zero-order valence-electron chi connectivity index (χ0n) is 17.7. The molecule has 1 aromatic carbocycles. The normalized spacial score (nSPS) is 20.7. The lowest BCUT2D eigenvalue weighted by Gasteiger charge is -2.31. The highest BCUT2D eigenvalue weighted by Crippen LogP contribution is 2.35. The molecule has 7 heteroatoms. The zero-order valence-corrected chi connectivity index (χ0v) is 17.7. The predicted molar refractivity (Wildman–Crippen MR) is 122 cm³/mol. The van der Waals surface area contributed by atoms with Crippen molar-refractivity contribution >= 4 is 28.0 Å². The summed E-state index contributed by atoms with van der Waals surface area (Å²) in [5.41, 5.74) is 6.07. The highest BCUT2D eigenvalue weighted by molar-refractivity contribution is 5.94. The fourth-order valence-electron chi connectivity index (χ4n) is 5.31. The van der Waals surface area contributed by atoms with Gasteiger partial charge in [0.15, 0.2) is 5.65 Å². The van der Waals surface area contributed by atoms with Gasteiger partial charge in [0, 0.05) is 24.7 Å². The molecule has 6 rings (SSSR count). The van der Waals surface area contributed by atoms with Crippen LogP contribution >= 0.6 is 0 Å². The molecule has 4 heterocycles. The highest BCUT2D eigenvalue weighted by atomic mass is 16.3. The van der Waals surface area contributed by atoms with Crippen LogP contribution in [0.3, 0.4) is 0 Å². The molecule has 0 radical (unpaired) electrons. The van der Waals surface area contributed by atoms with Crippen LogP contribution in [0.4, 0.5) is 5.82 Å². The smallest absolute Gasteiger partial charge is 0.180 e. The molecule has 2 N–H and O–H groups in total. The van der Waals surface area contributed by atoms with Crippen LogP contribution in [0.2, 0.25) is 0 Å². The van der Waals surface area contributed by atoms with Crippen LogP contribution < -0.4 is 4.90 Å². The fourth-order valence-corrected chi connectivity index (χ4v) is 5.31. The van der Waals surface area contributed by atoms with E-state index in [2.05, 4.69) is 43.7 Å². The van der Waals surface area contributed by atoms with Crippen molar-refractivity contribution in [3.63, 3.8) is 0 Å². The summed E-state index contributed by atoms with van der Waals surface area (Å²) in [4.78, 5) is 19.4. The van der Waals surface area contributed by atoms with Crippen molar-refractivity contribution in [1.82, 2.24) is 24.5 Å². The number of rotatable bonds is 3. The number of pyridine rings is 1. The molecule has 2 aliphatic rings. The number of nitrogens with one attached hydrogen (secondary N) is 1. The van der Waals surface area contributed by atoms with E-state index in [4.69, 9.17) is 9.97 Å². The SMILES string of the molecule is OC1CCCN(c2cc(-c3ccc4c(c3)ncn4C3CCCCC3)c3[nH]cnc3n2)C1. The Hall–Kier alpha value is -2.93. The van der Waals surface area contributed by atoms with Crippen LogP contribution in [0.25, 0.3) is 33.3 Å². The van der Waals surface area contributed by atoms with Crippen LogP contribution in [0, 0.1) is 0 Å². The summed E-state index contributed by atoms with van der Waals surface area (Å²) in [6.07, 6.45) is 11.7. The molecule has 31 heavy (non-hydrogen) atoms. The molecular formula is C24H28N6O. The number of β-amino-alcohol motifs (C(OH)–C–C–N with tert-alkyl or cyclic N) is 1. The molecule has 3 aromatic heterocycles. The Labute approximate surface area is 181 Å². The van der Waals surface area contributed by atoms with E-state index in [0.29, 0.717) is 18.2 Å². The van der Waals surface area contributed by atoms with Crippen LogP contribution in [0.5, 0.6) is 0 Å². The number of H-pyrrole nitrogens is 1. The maximum Gasteiger partial charge on any atom is 0.180 e. The lowest BCUT2D eigenvalue weighted by molar-refractivity contribution is 0.154. The molecule has 0 amide bonds. The van der Waals surface area contributed by atoms with Gasteiger partial charge >= 0.3 is 0 Å².